The van der Waals surface area contributed by atoms with E-state index in [0.29, 0.717) is 0 Å². The average molecular weight is 490 g/mol. The molecular formula is C34H37N2O+. The van der Waals surface area contributed by atoms with E-state index in [9.17, 15) is 0 Å². The molecule has 0 saturated carbocycles. The molecule has 0 fully saturated rings. The SMILES string of the molecule is Cc1c2c(c(CC(C)(C)C)c3cnccc13)Oc1cc3cc(CC(C)(C)C)ccc3c3cc[n+](C)c-2c13. The topological polar surface area (TPSA) is 26.0 Å². The van der Waals surface area contributed by atoms with Crippen molar-refractivity contribution in [1.29, 1.82) is 0 Å². The number of hydrogen-bond acceptors (Lipinski definition) is 2. The van der Waals surface area contributed by atoms with Crippen LogP contribution in [-0.2, 0) is 19.9 Å². The molecule has 5 aromatic rings. The summed E-state index contributed by atoms with van der Waals surface area (Å²) in [7, 11) is 2.16. The highest BCUT2D eigenvalue weighted by molar-refractivity contribution is 6.16. The van der Waals surface area contributed by atoms with Crippen molar-refractivity contribution in [3.63, 3.8) is 0 Å². The predicted octanol–water partition coefficient (Wildman–Crippen LogP) is 8.62. The monoisotopic (exact) mass is 489 g/mol. The minimum absolute atomic E-state index is 0.106. The van der Waals surface area contributed by atoms with Gasteiger partial charge >= 0.3 is 0 Å². The summed E-state index contributed by atoms with van der Waals surface area (Å²) in [6.07, 6.45) is 8.09. The second-order valence-electron chi connectivity index (χ2n) is 13.3. The zero-order valence-electron chi connectivity index (χ0n) is 23.4. The van der Waals surface area contributed by atoms with E-state index in [2.05, 4.69) is 108 Å². The first-order chi connectivity index (χ1) is 17.4. The van der Waals surface area contributed by atoms with E-state index < -0.39 is 0 Å². The lowest BCUT2D eigenvalue weighted by molar-refractivity contribution is -0.659. The number of ether oxygens (including phenoxy) is 1. The van der Waals surface area contributed by atoms with Crippen LogP contribution in [0, 0.1) is 17.8 Å². The van der Waals surface area contributed by atoms with Crippen LogP contribution >= 0.6 is 0 Å². The fraction of sp³-hybridized carbons (Fsp3) is 0.353. The molecule has 0 bridgehead atoms. The van der Waals surface area contributed by atoms with Crippen LogP contribution < -0.4 is 9.30 Å². The number of aryl methyl sites for hydroxylation is 2. The third kappa shape index (κ3) is 3.96. The van der Waals surface area contributed by atoms with Crippen molar-refractivity contribution >= 4 is 32.3 Å². The minimum Gasteiger partial charge on any atom is -0.455 e. The van der Waals surface area contributed by atoms with E-state index in [0.717, 1.165) is 24.3 Å². The van der Waals surface area contributed by atoms with Gasteiger partial charge in [-0.25, -0.2) is 4.57 Å². The summed E-state index contributed by atoms with van der Waals surface area (Å²) in [5, 5.41) is 7.42. The third-order valence-corrected chi connectivity index (χ3v) is 7.58. The maximum Gasteiger partial charge on any atom is 0.228 e. The molecule has 0 unspecified atom stereocenters. The number of aromatic nitrogens is 2. The third-order valence-electron chi connectivity index (χ3n) is 7.58. The fourth-order valence-electron chi connectivity index (χ4n) is 6.17. The maximum atomic E-state index is 6.98. The molecule has 3 nitrogen and oxygen atoms in total. The van der Waals surface area contributed by atoms with E-state index in [1.165, 1.54) is 60.3 Å². The standard InChI is InChI=1S/C34H37N2O/c1-20-23-11-13-35-19-27(23)26(18-34(5,6)7)32-29(20)31-30-25(12-14-36(31)8)24-10-9-21(17-33(2,3)4)15-22(24)16-28(30)37-32/h9-16,19H,17-18H2,1-8H3/q+1. The summed E-state index contributed by atoms with van der Waals surface area (Å²) in [6, 6.07) is 13.6. The van der Waals surface area contributed by atoms with Gasteiger partial charge in [-0.3, -0.25) is 4.98 Å². The number of pyridine rings is 2. The maximum absolute atomic E-state index is 6.98. The average Bonchev–Trinajstić information content (AvgIpc) is 2.81. The summed E-state index contributed by atoms with van der Waals surface area (Å²) in [6.45, 7) is 16.0. The minimum atomic E-state index is 0.106. The van der Waals surface area contributed by atoms with Gasteiger partial charge in [0.05, 0.1) is 10.9 Å². The Bertz CT molecular complexity index is 1730. The first-order valence-corrected chi connectivity index (χ1v) is 13.4. The van der Waals surface area contributed by atoms with Crippen molar-refractivity contribution in [2.24, 2.45) is 17.9 Å². The van der Waals surface area contributed by atoms with Crippen LogP contribution in [0.1, 0.15) is 58.2 Å². The summed E-state index contributed by atoms with van der Waals surface area (Å²) >= 11 is 0. The van der Waals surface area contributed by atoms with Crippen LogP contribution in [0.5, 0.6) is 11.5 Å². The highest BCUT2D eigenvalue weighted by Gasteiger charge is 2.34. The Hall–Kier alpha value is -3.46. The molecule has 0 radical (unpaired) electrons. The lowest BCUT2D eigenvalue weighted by Gasteiger charge is -2.28. The van der Waals surface area contributed by atoms with E-state index >= 15 is 0 Å². The van der Waals surface area contributed by atoms with Crippen molar-refractivity contribution in [2.45, 2.75) is 61.3 Å². The van der Waals surface area contributed by atoms with Gasteiger partial charge in [0.15, 0.2) is 6.20 Å². The summed E-state index contributed by atoms with van der Waals surface area (Å²) in [5.41, 5.74) is 6.66. The van der Waals surface area contributed by atoms with Crippen molar-refractivity contribution in [1.82, 2.24) is 4.98 Å². The lowest BCUT2D eigenvalue weighted by atomic mass is 9.82. The van der Waals surface area contributed by atoms with Crippen molar-refractivity contribution in [3.8, 4) is 22.8 Å². The Morgan fingerprint density at radius 2 is 1.59 bits per heavy atom. The Balaban J connectivity index is 1.71. The normalized spacial score (nSPS) is 13.3. The van der Waals surface area contributed by atoms with Gasteiger partial charge in [0.2, 0.25) is 5.69 Å². The molecule has 0 amide bonds. The summed E-state index contributed by atoms with van der Waals surface area (Å²) < 4.78 is 9.25. The summed E-state index contributed by atoms with van der Waals surface area (Å²) in [4.78, 5) is 4.51. The number of rotatable bonds is 2. The van der Waals surface area contributed by atoms with Crippen LogP contribution in [0.2, 0.25) is 0 Å². The Labute approximate surface area is 220 Å². The smallest absolute Gasteiger partial charge is 0.228 e. The number of benzene rings is 3. The summed E-state index contributed by atoms with van der Waals surface area (Å²) in [5.74, 6) is 1.95. The predicted molar refractivity (Wildman–Crippen MR) is 154 cm³/mol. The zero-order chi connectivity index (χ0) is 26.3. The number of hydrogen-bond donors (Lipinski definition) is 0. The highest BCUT2D eigenvalue weighted by atomic mass is 16.5. The van der Waals surface area contributed by atoms with Gasteiger partial charge in [-0.05, 0) is 70.0 Å². The molecule has 37 heavy (non-hydrogen) atoms. The molecule has 1 aliphatic rings. The molecule has 3 aromatic carbocycles. The molecule has 6 rings (SSSR count). The van der Waals surface area contributed by atoms with Crippen molar-refractivity contribution in [2.75, 3.05) is 0 Å². The van der Waals surface area contributed by atoms with Gasteiger partial charge in [-0.2, -0.15) is 0 Å². The van der Waals surface area contributed by atoms with Gasteiger partial charge in [-0.1, -0.05) is 59.7 Å². The van der Waals surface area contributed by atoms with Gasteiger partial charge in [0, 0.05) is 34.8 Å². The first kappa shape index (κ1) is 23.9. The Morgan fingerprint density at radius 3 is 2.32 bits per heavy atom. The van der Waals surface area contributed by atoms with Gasteiger partial charge < -0.3 is 4.74 Å². The zero-order valence-corrected chi connectivity index (χ0v) is 23.4. The molecule has 0 aliphatic carbocycles. The van der Waals surface area contributed by atoms with E-state index in [4.69, 9.17) is 4.74 Å². The molecule has 0 atom stereocenters. The van der Waals surface area contributed by atoms with E-state index in [1.807, 2.05) is 12.4 Å². The molecular weight excluding hydrogens is 452 g/mol. The van der Waals surface area contributed by atoms with Crippen LogP contribution in [0.15, 0.2) is 55.0 Å². The molecule has 0 N–H and O–H groups in total. The molecule has 0 saturated heterocycles. The van der Waals surface area contributed by atoms with Crippen molar-refractivity contribution in [3.05, 3.63) is 71.7 Å². The number of fused-ring (bicyclic) bond motifs is 5. The molecule has 3 heterocycles. The van der Waals surface area contributed by atoms with E-state index in [1.54, 1.807) is 0 Å². The quantitative estimate of drug-likeness (QED) is 0.180. The van der Waals surface area contributed by atoms with Crippen LogP contribution in [-0.4, -0.2) is 4.98 Å². The Kier molecular flexibility index (Phi) is 5.18. The van der Waals surface area contributed by atoms with Gasteiger partial charge in [-0.15, -0.1) is 0 Å². The second kappa shape index (κ2) is 8.02. The molecule has 188 valence electrons. The van der Waals surface area contributed by atoms with E-state index in [-0.39, 0.29) is 10.8 Å². The van der Waals surface area contributed by atoms with Crippen LogP contribution in [0.4, 0.5) is 0 Å². The van der Waals surface area contributed by atoms with Crippen LogP contribution in [0.25, 0.3) is 43.6 Å². The van der Waals surface area contributed by atoms with Crippen molar-refractivity contribution < 1.29 is 9.30 Å². The van der Waals surface area contributed by atoms with Gasteiger partial charge in [0.1, 0.15) is 18.5 Å². The lowest BCUT2D eigenvalue weighted by Crippen LogP contribution is -2.32. The molecule has 2 aromatic heterocycles. The highest BCUT2D eigenvalue weighted by Crippen LogP contribution is 2.52. The second-order valence-corrected chi connectivity index (χ2v) is 13.3. The fourth-order valence-corrected chi connectivity index (χ4v) is 6.17. The first-order valence-electron chi connectivity index (χ1n) is 13.4. The molecule has 3 heteroatoms. The largest absolute Gasteiger partial charge is 0.455 e. The Morgan fingerprint density at radius 1 is 0.838 bits per heavy atom. The van der Waals surface area contributed by atoms with Crippen LogP contribution in [0.3, 0.4) is 0 Å². The van der Waals surface area contributed by atoms with Gasteiger partial charge in [0.25, 0.3) is 0 Å². The number of nitrogens with zero attached hydrogens (tertiary/aromatic N) is 2. The molecule has 0 spiro atoms. The molecule has 1 aliphatic heterocycles.